The van der Waals surface area contributed by atoms with E-state index in [2.05, 4.69) is 0 Å². The minimum absolute atomic E-state index is 0.0390. The number of carbonyl (C=O) groups is 2. The van der Waals surface area contributed by atoms with Gasteiger partial charge in [-0.2, -0.15) is 0 Å². The van der Waals surface area contributed by atoms with Gasteiger partial charge in [-0.15, -0.1) is 0 Å². The number of ether oxygens (including phenoxy) is 1. The van der Waals surface area contributed by atoms with Crippen LogP contribution in [0.25, 0.3) is 0 Å². The Balaban J connectivity index is 1.94. The summed E-state index contributed by atoms with van der Waals surface area (Å²) in [5, 5.41) is 0. The fraction of sp³-hybridized carbons (Fsp3) is 0.867. The Labute approximate surface area is 115 Å². The second-order valence-electron chi connectivity index (χ2n) is 6.66. The predicted molar refractivity (Wildman–Crippen MR) is 72.8 cm³/mol. The van der Waals surface area contributed by atoms with Gasteiger partial charge in [0, 0.05) is 24.9 Å². The molecule has 1 heterocycles. The Morgan fingerprint density at radius 2 is 2.05 bits per heavy atom. The van der Waals surface area contributed by atoms with Crippen LogP contribution in [0.4, 0.5) is 0 Å². The van der Waals surface area contributed by atoms with Crippen LogP contribution in [0.5, 0.6) is 0 Å². The number of Topliss-reactive ketones (excluding diaryl/α,β-unsaturated/α-hetero) is 1. The summed E-state index contributed by atoms with van der Waals surface area (Å²) in [4.78, 5) is 26.0. The lowest BCUT2D eigenvalue weighted by Crippen LogP contribution is -2.44. The molecule has 108 valence electrons. The molecule has 2 fully saturated rings. The van der Waals surface area contributed by atoms with E-state index in [9.17, 15) is 9.59 Å². The van der Waals surface area contributed by atoms with Crippen molar-refractivity contribution >= 4 is 11.7 Å². The summed E-state index contributed by atoms with van der Waals surface area (Å²) in [7, 11) is 0. The van der Waals surface area contributed by atoms with Gasteiger partial charge in [0.05, 0.1) is 5.60 Å². The number of carbonyl (C=O) groups excluding carboxylic acids is 2. The van der Waals surface area contributed by atoms with Crippen LogP contribution in [-0.4, -0.2) is 41.4 Å². The largest absolute Gasteiger partial charge is 0.366 e. The standard InChI is InChI=1S/C15H25NO3/c1-15(2,3)19-10-14(18)16-9-5-7-12(16)11-6-4-8-13(11)17/h11-12H,4-10H2,1-3H3. The number of amides is 1. The number of hydrogen-bond acceptors (Lipinski definition) is 3. The molecule has 1 aliphatic carbocycles. The second kappa shape index (κ2) is 5.61. The van der Waals surface area contributed by atoms with E-state index in [0.717, 1.165) is 32.2 Å². The number of ketones is 1. The second-order valence-corrected chi connectivity index (χ2v) is 6.66. The molecule has 1 saturated carbocycles. The summed E-state index contributed by atoms with van der Waals surface area (Å²) in [6, 6.07) is 0.131. The van der Waals surface area contributed by atoms with E-state index >= 15 is 0 Å². The highest BCUT2D eigenvalue weighted by Gasteiger charge is 2.40. The molecule has 2 aliphatic rings. The third kappa shape index (κ3) is 3.56. The van der Waals surface area contributed by atoms with Crippen molar-refractivity contribution in [2.24, 2.45) is 5.92 Å². The van der Waals surface area contributed by atoms with Crippen molar-refractivity contribution in [1.82, 2.24) is 4.90 Å². The van der Waals surface area contributed by atoms with Crippen molar-refractivity contribution < 1.29 is 14.3 Å². The van der Waals surface area contributed by atoms with E-state index in [1.807, 2.05) is 25.7 Å². The lowest BCUT2D eigenvalue weighted by Gasteiger charge is -2.30. The van der Waals surface area contributed by atoms with E-state index in [1.165, 1.54) is 0 Å². The average Bonchev–Trinajstić information content (AvgIpc) is 2.92. The minimum atomic E-state index is -0.298. The first-order valence-electron chi connectivity index (χ1n) is 7.34. The molecule has 4 nitrogen and oxygen atoms in total. The van der Waals surface area contributed by atoms with Crippen molar-refractivity contribution in [3.8, 4) is 0 Å². The van der Waals surface area contributed by atoms with Crippen molar-refractivity contribution in [3.63, 3.8) is 0 Å². The van der Waals surface area contributed by atoms with Crippen molar-refractivity contribution in [1.29, 1.82) is 0 Å². The zero-order valence-corrected chi connectivity index (χ0v) is 12.3. The van der Waals surface area contributed by atoms with Crippen LogP contribution in [0.1, 0.15) is 52.9 Å². The minimum Gasteiger partial charge on any atom is -0.366 e. The van der Waals surface area contributed by atoms with Crippen LogP contribution < -0.4 is 0 Å². The Morgan fingerprint density at radius 1 is 1.32 bits per heavy atom. The van der Waals surface area contributed by atoms with Gasteiger partial charge in [-0.25, -0.2) is 0 Å². The van der Waals surface area contributed by atoms with E-state index in [1.54, 1.807) is 0 Å². The van der Waals surface area contributed by atoms with Crippen LogP contribution in [0.2, 0.25) is 0 Å². The molecule has 19 heavy (non-hydrogen) atoms. The Hall–Kier alpha value is -0.900. The molecule has 0 radical (unpaired) electrons. The molecule has 0 aromatic carbocycles. The van der Waals surface area contributed by atoms with Crippen molar-refractivity contribution in [2.45, 2.75) is 64.5 Å². The highest BCUT2D eigenvalue weighted by atomic mass is 16.5. The first kappa shape index (κ1) is 14.5. The lowest BCUT2D eigenvalue weighted by atomic mass is 9.95. The first-order chi connectivity index (χ1) is 8.88. The molecule has 2 unspecified atom stereocenters. The Bertz CT molecular complexity index is 359. The molecule has 1 aliphatic heterocycles. The summed E-state index contributed by atoms with van der Waals surface area (Å²) in [6.07, 6.45) is 4.61. The molecule has 2 atom stereocenters. The lowest BCUT2D eigenvalue weighted by molar-refractivity contribution is -0.143. The molecule has 2 rings (SSSR count). The topological polar surface area (TPSA) is 46.6 Å². The molecule has 0 aromatic heterocycles. The van der Waals surface area contributed by atoms with Gasteiger partial charge in [0.15, 0.2) is 0 Å². The SMILES string of the molecule is CC(C)(C)OCC(=O)N1CCCC1C1CCCC1=O. The monoisotopic (exact) mass is 267 g/mol. The zero-order valence-electron chi connectivity index (χ0n) is 12.3. The van der Waals surface area contributed by atoms with E-state index in [4.69, 9.17) is 4.74 Å². The van der Waals surface area contributed by atoms with Gasteiger partial charge in [-0.1, -0.05) is 0 Å². The number of hydrogen-bond donors (Lipinski definition) is 0. The average molecular weight is 267 g/mol. The first-order valence-corrected chi connectivity index (χ1v) is 7.34. The number of nitrogens with zero attached hydrogens (tertiary/aromatic N) is 1. The van der Waals surface area contributed by atoms with Crippen LogP contribution in [-0.2, 0) is 14.3 Å². The van der Waals surface area contributed by atoms with E-state index < -0.39 is 0 Å². The molecule has 1 saturated heterocycles. The van der Waals surface area contributed by atoms with Gasteiger partial charge in [0.2, 0.25) is 5.91 Å². The van der Waals surface area contributed by atoms with Crippen LogP contribution in [0.3, 0.4) is 0 Å². The molecular weight excluding hydrogens is 242 g/mol. The fourth-order valence-electron chi connectivity index (χ4n) is 3.13. The summed E-state index contributed by atoms with van der Waals surface area (Å²) in [5.74, 6) is 0.472. The normalized spacial score (nSPS) is 28.2. The maximum Gasteiger partial charge on any atom is 0.248 e. The molecule has 0 N–H and O–H groups in total. The van der Waals surface area contributed by atoms with Crippen molar-refractivity contribution in [3.05, 3.63) is 0 Å². The third-order valence-electron chi connectivity index (χ3n) is 4.06. The molecular formula is C15H25NO3. The van der Waals surface area contributed by atoms with Crippen molar-refractivity contribution in [2.75, 3.05) is 13.2 Å². The van der Waals surface area contributed by atoms with Gasteiger partial charge in [0.1, 0.15) is 12.4 Å². The molecule has 4 heteroatoms. The third-order valence-corrected chi connectivity index (χ3v) is 4.06. The Kier molecular flexibility index (Phi) is 4.29. The van der Waals surface area contributed by atoms with Gasteiger partial charge >= 0.3 is 0 Å². The summed E-state index contributed by atoms with van der Waals surface area (Å²) in [5.41, 5.74) is -0.298. The smallest absolute Gasteiger partial charge is 0.248 e. The highest BCUT2D eigenvalue weighted by molar-refractivity contribution is 5.85. The molecule has 0 bridgehead atoms. The number of rotatable bonds is 3. The summed E-state index contributed by atoms with van der Waals surface area (Å²) >= 11 is 0. The molecule has 0 spiro atoms. The molecule has 1 amide bonds. The fourth-order valence-corrected chi connectivity index (χ4v) is 3.13. The maximum atomic E-state index is 12.3. The van der Waals surface area contributed by atoms with Gasteiger partial charge < -0.3 is 9.64 Å². The van der Waals surface area contributed by atoms with E-state index in [-0.39, 0.29) is 30.1 Å². The summed E-state index contributed by atoms with van der Waals surface area (Å²) < 4.78 is 5.57. The van der Waals surface area contributed by atoms with Gasteiger partial charge in [-0.05, 0) is 46.5 Å². The van der Waals surface area contributed by atoms with Gasteiger partial charge in [0.25, 0.3) is 0 Å². The molecule has 0 aromatic rings. The number of likely N-dealkylation sites (tertiary alicyclic amines) is 1. The predicted octanol–water partition coefficient (Wildman–Crippen LogP) is 2.16. The van der Waals surface area contributed by atoms with Gasteiger partial charge in [-0.3, -0.25) is 9.59 Å². The van der Waals surface area contributed by atoms with Crippen LogP contribution in [0, 0.1) is 5.92 Å². The zero-order chi connectivity index (χ0) is 14.0. The van der Waals surface area contributed by atoms with E-state index in [0.29, 0.717) is 12.2 Å². The maximum absolute atomic E-state index is 12.3. The summed E-state index contributed by atoms with van der Waals surface area (Å²) in [6.45, 7) is 6.74. The van der Waals surface area contributed by atoms with Crippen LogP contribution in [0.15, 0.2) is 0 Å². The Morgan fingerprint density at radius 3 is 2.63 bits per heavy atom. The highest BCUT2D eigenvalue weighted by Crippen LogP contribution is 2.33. The van der Waals surface area contributed by atoms with Crippen LogP contribution >= 0.6 is 0 Å². The quantitative estimate of drug-likeness (QED) is 0.787.